The Labute approximate surface area is 101 Å². The number of likely N-dealkylation sites (tertiary alicyclic amines) is 1. The van der Waals surface area contributed by atoms with E-state index in [-0.39, 0.29) is 0 Å². The van der Waals surface area contributed by atoms with Crippen LogP contribution in [0.25, 0.3) is 0 Å². The van der Waals surface area contributed by atoms with E-state index in [4.69, 9.17) is 4.74 Å². The summed E-state index contributed by atoms with van der Waals surface area (Å²) in [5, 5.41) is 0. The molecule has 2 nitrogen and oxygen atoms in total. The molecule has 0 aliphatic carbocycles. The fraction of sp³-hybridized carbons (Fsp3) is 1.00. The van der Waals surface area contributed by atoms with E-state index in [1.54, 1.807) is 0 Å². The summed E-state index contributed by atoms with van der Waals surface area (Å²) in [7, 11) is 0. The quantitative estimate of drug-likeness (QED) is 0.617. The summed E-state index contributed by atoms with van der Waals surface area (Å²) in [4.78, 5) is 2.46. The summed E-state index contributed by atoms with van der Waals surface area (Å²) < 4.78 is 5.71. The first-order valence-corrected chi connectivity index (χ1v) is 7.02. The molecule has 0 N–H and O–H groups in total. The molecule has 16 heavy (non-hydrogen) atoms. The molecule has 0 aromatic rings. The zero-order valence-electron chi connectivity index (χ0n) is 11.4. The lowest BCUT2D eigenvalue weighted by molar-refractivity contribution is 0.00636. The molecule has 1 aliphatic heterocycles. The topological polar surface area (TPSA) is 12.5 Å². The largest absolute Gasteiger partial charge is 0.366 e. The molecule has 0 spiro atoms. The Kier molecular flexibility index (Phi) is 7.06. The molecule has 0 unspecified atom stereocenters. The maximum atomic E-state index is 5.71. The molecule has 0 aromatic carbocycles. The normalized spacial score (nSPS) is 19.5. The van der Waals surface area contributed by atoms with E-state index in [1.807, 2.05) is 0 Å². The van der Waals surface area contributed by atoms with Crippen molar-refractivity contribution in [3.8, 4) is 0 Å². The SMILES string of the molecule is CCCC1CCN(COCCC(C)C)CC1. The molecular weight excluding hydrogens is 198 g/mol. The smallest absolute Gasteiger partial charge is 0.0990 e. The van der Waals surface area contributed by atoms with Crippen molar-refractivity contribution >= 4 is 0 Å². The van der Waals surface area contributed by atoms with Crippen LogP contribution in [0.3, 0.4) is 0 Å². The third-order valence-corrected chi connectivity index (χ3v) is 3.52. The van der Waals surface area contributed by atoms with Crippen LogP contribution in [-0.4, -0.2) is 31.3 Å². The van der Waals surface area contributed by atoms with Gasteiger partial charge in [0, 0.05) is 19.7 Å². The predicted octanol–water partition coefficient (Wildman–Crippen LogP) is 3.52. The second kappa shape index (κ2) is 8.08. The second-order valence-corrected chi connectivity index (χ2v) is 5.57. The summed E-state index contributed by atoms with van der Waals surface area (Å²) in [5.74, 6) is 1.74. The second-order valence-electron chi connectivity index (χ2n) is 5.57. The minimum absolute atomic E-state index is 0.760. The minimum Gasteiger partial charge on any atom is -0.366 e. The van der Waals surface area contributed by atoms with Gasteiger partial charge in [-0.25, -0.2) is 0 Å². The Hall–Kier alpha value is -0.0800. The average Bonchev–Trinajstić information content (AvgIpc) is 2.27. The van der Waals surface area contributed by atoms with Gasteiger partial charge in [0.15, 0.2) is 0 Å². The monoisotopic (exact) mass is 227 g/mol. The Morgan fingerprint density at radius 1 is 1.25 bits per heavy atom. The van der Waals surface area contributed by atoms with Gasteiger partial charge in [-0.1, -0.05) is 33.6 Å². The van der Waals surface area contributed by atoms with Crippen LogP contribution in [0.15, 0.2) is 0 Å². The zero-order chi connectivity index (χ0) is 11.8. The van der Waals surface area contributed by atoms with E-state index < -0.39 is 0 Å². The van der Waals surface area contributed by atoms with Crippen LogP contribution in [0.5, 0.6) is 0 Å². The summed E-state index contributed by atoms with van der Waals surface area (Å²) in [5.41, 5.74) is 0. The van der Waals surface area contributed by atoms with Gasteiger partial charge >= 0.3 is 0 Å². The summed E-state index contributed by atoms with van der Waals surface area (Å²) >= 11 is 0. The van der Waals surface area contributed by atoms with Crippen molar-refractivity contribution in [3.63, 3.8) is 0 Å². The summed E-state index contributed by atoms with van der Waals surface area (Å²) in [6.07, 6.45) is 6.70. The van der Waals surface area contributed by atoms with Gasteiger partial charge in [-0.05, 0) is 31.1 Å². The molecule has 96 valence electrons. The Balaban J connectivity index is 1.99. The van der Waals surface area contributed by atoms with Gasteiger partial charge in [-0.3, -0.25) is 4.90 Å². The van der Waals surface area contributed by atoms with E-state index in [9.17, 15) is 0 Å². The maximum Gasteiger partial charge on any atom is 0.0990 e. The molecule has 2 heteroatoms. The first-order chi connectivity index (χ1) is 7.72. The molecular formula is C14H29NO. The molecule has 0 radical (unpaired) electrons. The van der Waals surface area contributed by atoms with Crippen LogP contribution in [0.2, 0.25) is 0 Å². The van der Waals surface area contributed by atoms with Crippen molar-refractivity contribution < 1.29 is 4.74 Å². The van der Waals surface area contributed by atoms with E-state index in [2.05, 4.69) is 25.7 Å². The van der Waals surface area contributed by atoms with Crippen LogP contribution in [0, 0.1) is 11.8 Å². The Morgan fingerprint density at radius 2 is 1.94 bits per heavy atom. The third kappa shape index (κ3) is 5.86. The van der Waals surface area contributed by atoms with Crippen LogP contribution in [-0.2, 0) is 4.74 Å². The molecule has 0 bridgehead atoms. The molecule has 0 aromatic heterocycles. The lowest BCUT2D eigenvalue weighted by Gasteiger charge is -2.31. The molecule has 1 rings (SSSR count). The van der Waals surface area contributed by atoms with Crippen molar-refractivity contribution in [1.29, 1.82) is 0 Å². The fourth-order valence-corrected chi connectivity index (χ4v) is 2.33. The molecule has 0 saturated carbocycles. The van der Waals surface area contributed by atoms with E-state index in [0.717, 1.165) is 25.2 Å². The minimum atomic E-state index is 0.760. The highest BCUT2D eigenvalue weighted by atomic mass is 16.5. The highest BCUT2D eigenvalue weighted by Crippen LogP contribution is 2.21. The standard InChI is InChI=1S/C14H29NO/c1-4-5-14-6-9-15(10-7-14)12-16-11-8-13(2)3/h13-14H,4-12H2,1-3H3. The first kappa shape index (κ1) is 14.0. The molecule has 1 heterocycles. The highest BCUT2D eigenvalue weighted by molar-refractivity contribution is 4.70. The van der Waals surface area contributed by atoms with E-state index in [1.165, 1.54) is 45.2 Å². The van der Waals surface area contributed by atoms with Crippen molar-refractivity contribution in [1.82, 2.24) is 4.90 Å². The average molecular weight is 227 g/mol. The van der Waals surface area contributed by atoms with E-state index >= 15 is 0 Å². The van der Waals surface area contributed by atoms with Crippen LogP contribution in [0.1, 0.15) is 52.9 Å². The van der Waals surface area contributed by atoms with Crippen LogP contribution < -0.4 is 0 Å². The zero-order valence-corrected chi connectivity index (χ0v) is 11.4. The molecule has 1 aliphatic rings. The van der Waals surface area contributed by atoms with E-state index in [0.29, 0.717) is 0 Å². The third-order valence-electron chi connectivity index (χ3n) is 3.52. The first-order valence-electron chi connectivity index (χ1n) is 7.02. The summed E-state index contributed by atoms with van der Waals surface area (Å²) in [6, 6.07) is 0. The number of ether oxygens (including phenoxy) is 1. The summed E-state index contributed by atoms with van der Waals surface area (Å²) in [6.45, 7) is 11.1. The van der Waals surface area contributed by atoms with Gasteiger partial charge in [-0.15, -0.1) is 0 Å². The van der Waals surface area contributed by atoms with Crippen molar-refractivity contribution in [2.45, 2.75) is 52.9 Å². The van der Waals surface area contributed by atoms with Crippen molar-refractivity contribution in [3.05, 3.63) is 0 Å². The lowest BCUT2D eigenvalue weighted by Crippen LogP contribution is -2.35. The number of hydrogen-bond donors (Lipinski definition) is 0. The van der Waals surface area contributed by atoms with Gasteiger partial charge in [-0.2, -0.15) is 0 Å². The van der Waals surface area contributed by atoms with Crippen molar-refractivity contribution in [2.75, 3.05) is 26.4 Å². The highest BCUT2D eigenvalue weighted by Gasteiger charge is 2.17. The number of hydrogen-bond acceptors (Lipinski definition) is 2. The maximum absolute atomic E-state index is 5.71. The number of rotatable bonds is 7. The Bertz CT molecular complexity index is 162. The molecule has 1 saturated heterocycles. The fourth-order valence-electron chi connectivity index (χ4n) is 2.33. The molecule has 1 fully saturated rings. The lowest BCUT2D eigenvalue weighted by atomic mass is 9.93. The van der Waals surface area contributed by atoms with Gasteiger partial charge in [0.25, 0.3) is 0 Å². The van der Waals surface area contributed by atoms with Crippen LogP contribution >= 0.6 is 0 Å². The van der Waals surface area contributed by atoms with Gasteiger partial charge < -0.3 is 4.74 Å². The number of nitrogens with zero attached hydrogens (tertiary/aromatic N) is 1. The van der Waals surface area contributed by atoms with Crippen LogP contribution in [0.4, 0.5) is 0 Å². The van der Waals surface area contributed by atoms with Gasteiger partial charge in [0.05, 0.1) is 6.73 Å². The number of piperidine rings is 1. The molecule has 0 amide bonds. The van der Waals surface area contributed by atoms with Gasteiger partial charge in [0.1, 0.15) is 0 Å². The molecule has 0 atom stereocenters. The van der Waals surface area contributed by atoms with Crippen molar-refractivity contribution in [2.24, 2.45) is 11.8 Å². The predicted molar refractivity (Wildman–Crippen MR) is 69.5 cm³/mol. The van der Waals surface area contributed by atoms with Gasteiger partial charge in [0.2, 0.25) is 0 Å². The Morgan fingerprint density at radius 3 is 2.50 bits per heavy atom.